The number of hydrogen-bond acceptors (Lipinski definition) is 4. The van der Waals surface area contributed by atoms with Crippen molar-refractivity contribution in [2.24, 2.45) is 5.10 Å². The summed E-state index contributed by atoms with van der Waals surface area (Å²) >= 11 is 0. The van der Waals surface area contributed by atoms with Gasteiger partial charge in [-0.1, -0.05) is 6.58 Å². The van der Waals surface area contributed by atoms with E-state index in [4.69, 9.17) is 4.74 Å². The lowest BCUT2D eigenvalue weighted by Gasteiger charge is -2.28. The van der Waals surface area contributed by atoms with Crippen molar-refractivity contribution >= 4 is 17.6 Å². The van der Waals surface area contributed by atoms with Crippen LogP contribution in [0.2, 0.25) is 0 Å². The Bertz CT molecular complexity index is 380. The number of ether oxygens (including phenoxy) is 1. The molecule has 4 nitrogen and oxygen atoms in total. The summed E-state index contributed by atoms with van der Waals surface area (Å²) in [4.78, 5) is 2.32. The third-order valence-electron chi connectivity index (χ3n) is 2.62. The lowest BCUT2D eigenvalue weighted by Crippen LogP contribution is -2.36. The van der Waals surface area contributed by atoms with Crippen molar-refractivity contribution in [2.75, 3.05) is 36.6 Å². The number of allylic oxidation sites excluding steroid dienone is 1. The fourth-order valence-corrected chi connectivity index (χ4v) is 1.73. The van der Waals surface area contributed by atoms with Crippen LogP contribution in [0.1, 0.15) is 0 Å². The van der Waals surface area contributed by atoms with E-state index in [1.165, 1.54) is 5.69 Å². The highest BCUT2D eigenvalue weighted by Gasteiger charge is 2.10. The number of rotatable bonds is 4. The van der Waals surface area contributed by atoms with E-state index in [9.17, 15) is 0 Å². The van der Waals surface area contributed by atoms with Gasteiger partial charge in [0.15, 0.2) is 0 Å². The van der Waals surface area contributed by atoms with Gasteiger partial charge in [0.25, 0.3) is 0 Å². The Morgan fingerprint density at radius 2 is 1.94 bits per heavy atom. The molecular formula is C13H17N3O. The van der Waals surface area contributed by atoms with E-state index in [0.29, 0.717) is 0 Å². The van der Waals surface area contributed by atoms with Crippen LogP contribution in [-0.2, 0) is 4.74 Å². The first-order valence-electron chi connectivity index (χ1n) is 5.73. The van der Waals surface area contributed by atoms with E-state index in [0.717, 1.165) is 32.0 Å². The van der Waals surface area contributed by atoms with Crippen molar-refractivity contribution in [3.63, 3.8) is 0 Å². The summed E-state index contributed by atoms with van der Waals surface area (Å²) in [5.74, 6) is 0. The summed E-state index contributed by atoms with van der Waals surface area (Å²) in [6.45, 7) is 7.10. The molecule has 1 saturated heterocycles. The van der Waals surface area contributed by atoms with Crippen LogP contribution in [0.4, 0.5) is 11.4 Å². The normalized spacial score (nSPS) is 16.1. The summed E-state index contributed by atoms with van der Waals surface area (Å²) in [7, 11) is 0. The van der Waals surface area contributed by atoms with Gasteiger partial charge in [-0.25, -0.2) is 0 Å². The molecule has 0 amide bonds. The van der Waals surface area contributed by atoms with Gasteiger partial charge in [0.2, 0.25) is 0 Å². The van der Waals surface area contributed by atoms with Crippen molar-refractivity contribution in [3.05, 3.63) is 36.9 Å². The van der Waals surface area contributed by atoms with Gasteiger partial charge < -0.3 is 9.64 Å². The first kappa shape index (κ1) is 11.7. The van der Waals surface area contributed by atoms with Crippen LogP contribution < -0.4 is 10.3 Å². The molecule has 90 valence electrons. The number of hydrogen-bond donors (Lipinski definition) is 1. The van der Waals surface area contributed by atoms with E-state index in [2.05, 4.69) is 34.1 Å². The zero-order valence-corrected chi connectivity index (χ0v) is 9.80. The van der Waals surface area contributed by atoms with Crippen LogP contribution in [0.25, 0.3) is 0 Å². The average molecular weight is 231 g/mol. The molecule has 4 heteroatoms. The van der Waals surface area contributed by atoms with Crippen molar-refractivity contribution in [1.82, 2.24) is 0 Å². The molecule has 1 aromatic carbocycles. The van der Waals surface area contributed by atoms with Crippen molar-refractivity contribution in [1.29, 1.82) is 0 Å². The SMILES string of the molecule is C=C/C=N/Nc1ccc(N2CCOCC2)cc1. The van der Waals surface area contributed by atoms with Gasteiger partial charge in [0.05, 0.1) is 18.9 Å². The largest absolute Gasteiger partial charge is 0.378 e. The number of benzene rings is 1. The second-order valence-corrected chi connectivity index (χ2v) is 3.77. The lowest BCUT2D eigenvalue weighted by molar-refractivity contribution is 0.122. The predicted molar refractivity (Wildman–Crippen MR) is 71.8 cm³/mol. The first-order chi connectivity index (χ1) is 8.40. The maximum atomic E-state index is 5.33. The molecule has 0 aliphatic carbocycles. The lowest BCUT2D eigenvalue weighted by atomic mass is 10.2. The van der Waals surface area contributed by atoms with E-state index < -0.39 is 0 Å². The minimum Gasteiger partial charge on any atom is -0.378 e. The van der Waals surface area contributed by atoms with Gasteiger partial charge in [-0.15, -0.1) is 0 Å². The number of hydrazone groups is 1. The molecule has 0 unspecified atom stereocenters. The first-order valence-corrected chi connectivity index (χ1v) is 5.73. The average Bonchev–Trinajstić information content (AvgIpc) is 2.41. The molecule has 1 N–H and O–H groups in total. The molecule has 1 heterocycles. The molecule has 0 bridgehead atoms. The third-order valence-corrected chi connectivity index (χ3v) is 2.62. The molecule has 0 spiro atoms. The van der Waals surface area contributed by atoms with Gasteiger partial charge in [0.1, 0.15) is 0 Å². The Morgan fingerprint density at radius 3 is 2.59 bits per heavy atom. The number of nitrogens with zero attached hydrogens (tertiary/aromatic N) is 2. The molecule has 1 fully saturated rings. The maximum Gasteiger partial charge on any atom is 0.0642 e. The minimum atomic E-state index is 0.809. The molecular weight excluding hydrogens is 214 g/mol. The highest BCUT2D eigenvalue weighted by atomic mass is 16.5. The van der Waals surface area contributed by atoms with Gasteiger partial charge in [0, 0.05) is 25.0 Å². The topological polar surface area (TPSA) is 36.9 Å². The van der Waals surface area contributed by atoms with Crippen molar-refractivity contribution in [2.45, 2.75) is 0 Å². The van der Waals surface area contributed by atoms with Crippen LogP contribution in [0.15, 0.2) is 42.0 Å². The van der Waals surface area contributed by atoms with Gasteiger partial charge in [-0.2, -0.15) is 5.10 Å². The molecule has 1 aliphatic rings. The molecule has 1 aliphatic heterocycles. The van der Waals surface area contributed by atoms with E-state index in [-0.39, 0.29) is 0 Å². The van der Waals surface area contributed by atoms with E-state index in [1.807, 2.05) is 12.1 Å². The summed E-state index contributed by atoms with van der Waals surface area (Å²) < 4.78 is 5.33. The van der Waals surface area contributed by atoms with Crippen molar-refractivity contribution < 1.29 is 4.74 Å². The monoisotopic (exact) mass is 231 g/mol. The second-order valence-electron chi connectivity index (χ2n) is 3.77. The van der Waals surface area contributed by atoms with E-state index in [1.54, 1.807) is 12.3 Å². The van der Waals surface area contributed by atoms with Gasteiger partial charge in [-0.05, 0) is 30.3 Å². The Labute approximate surface area is 102 Å². The van der Waals surface area contributed by atoms with Crippen LogP contribution in [0.3, 0.4) is 0 Å². The number of anilines is 2. The number of nitrogens with one attached hydrogen (secondary N) is 1. The highest BCUT2D eigenvalue weighted by Crippen LogP contribution is 2.18. The minimum absolute atomic E-state index is 0.809. The molecule has 0 radical (unpaired) electrons. The van der Waals surface area contributed by atoms with Crippen LogP contribution >= 0.6 is 0 Å². The molecule has 0 saturated carbocycles. The zero-order valence-electron chi connectivity index (χ0n) is 9.80. The zero-order chi connectivity index (χ0) is 11.9. The van der Waals surface area contributed by atoms with Crippen LogP contribution in [-0.4, -0.2) is 32.5 Å². The Hall–Kier alpha value is -1.81. The summed E-state index contributed by atoms with van der Waals surface area (Å²) in [5, 5.41) is 3.98. The quantitative estimate of drug-likeness (QED) is 0.637. The van der Waals surface area contributed by atoms with E-state index >= 15 is 0 Å². The second kappa shape index (κ2) is 6.06. The summed E-state index contributed by atoms with van der Waals surface area (Å²) in [6.07, 6.45) is 3.25. The predicted octanol–water partition coefficient (Wildman–Crippen LogP) is 2.11. The highest BCUT2D eigenvalue weighted by molar-refractivity contribution is 5.71. The Morgan fingerprint density at radius 1 is 1.24 bits per heavy atom. The van der Waals surface area contributed by atoms with Crippen LogP contribution in [0.5, 0.6) is 0 Å². The molecule has 1 aromatic rings. The molecule has 17 heavy (non-hydrogen) atoms. The molecule has 0 aromatic heterocycles. The molecule has 0 atom stereocenters. The van der Waals surface area contributed by atoms with Crippen molar-refractivity contribution in [3.8, 4) is 0 Å². The van der Waals surface area contributed by atoms with Gasteiger partial charge in [-0.3, -0.25) is 5.43 Å². The summed E-state index contributed by atoms with van der Waals surface area (Å²) in [6, 6.07) is 8.23. The Balaban J connectivity index is 1.96. The summed E-state index contributed by atoms with van der Waals surface area (Å²) in [5.41, 5.74) is 5.13. The fraction of sp³-hybridized carbons (Fsp3) is 0.308. The Kier molecular flexibility index (Phi) is 4.16. The van der Waals surface area contributed by atoms with Gasteiger partial charge >= 0.3 is 0 Å². The maximum absolute atomic E-state index is 5.33. The third kappa shape index (κ3) is 3.32. The fourth-order valence-electron chi connectivity index (χ4n) is 1.73. The number of morpholine rings is 1. The molecule has 2 rings (SSSR count). The van der Waals surface area contributed by atoms with Crippen LogP contribution in [0, 0.1) is 0 Å². The standard InChI is InChI=1S/C13H17N3O/c1-2-7-14-15-12-3-5-13(6-4-12)16-8-10-17-11-9-16/h2-7,15H,1,8-11H2/b14-7+. The smallest absolute Gasteiger partial charge is 0.0642 e.